The zero-order valence-corrected chi connectivity index (χ0v) is 55.1. The van der Waals surface area contributed by atoms with Gasteiger partial charge in [0, 0.05) is 56.0 Å². The van der Waals surface area contributed by atoms with Crippen LogP contribution in [0.4, 0.5) is 34.1 Å². The van der Waals surface area contributed by atoms with Crippen LogP contribution < -0.4 is 9.80 Å². The first-order chi connectivity index (χ1) is 50.1. The van der Waals surface area contributed by atoms with Crippen molar-refractivity contribution in [1.29, 1.82) is 0 Å². The van der Waals surface area contributed by atoms with E-state index < -0.39 is 10.8 Å². The normalized spacial score (nSPS) is 13.3. The lowest BCUT2D eigenvalue weighted by atomic mass is 9.70. The van der Waals surface area contributed by atoms with Crippen LogP contribution in [0.3, 0.4) is 0 Å². The fraction of sp³-hybridized carbons (Fsp3) is 0.0204. The van der Waals surface area contributed by atoms with Crippen LogP contribution >= 0.6 is 0 Å². The summed E-state index contributed by atoms with van der Waals surface area (Å²) in [5.74, 6) is 0. The Morgan fingerprint density at radius 1 is 0.168 bits per heavy atom. The van der Waals surface area contributed by atoms with E-state index in [9.17, 15) is 0 Å². The van der Waals surface area contributed by atoms with E-state index in [0.29, 0.717) is 0 Å². The molecule has 0 fully saturated rings. The molecule has 17 aromatic rings. The molecule has 4 aliphatic rings. The summed E-state index contributed by atoms with van der Waals surface area (Å²) in [4.78, 5) is 4.88. The van der Waals surface area contributed by atoms with Crippen LogP contribution in [0, 0.1) is 0 Å². The topological polar surface area (TPSA) is 19.6 Å². The molecule has 21 rings (SSSR count). The summed E-state index contributed by atoms with van der Waals surface area (Å²) in [6.45, 7) is 0. The number of furan rings is 1. The molecule has 0 saturated carbocycles. The number of rotatable bonds is 10. The van der Waals surface area contributed by atoms with E-state index in [-0.39, 0.29) is 0 Å². The third-order valence-corrected chi connectivity index (χ3v) is 22.3. The van der Waals surface area contributed by atoms with E-state index >= 15 is 0 Å². The SMILES string of the molecule is c1ccc(-c2cccc(N(c3ccc(-c4cccc5c4oc4c(-c6ccc(N(c7cccc(-c8ccccc8)c7)c7ccc8c(c7)C7(c9ccccc9-c9ccccc97)c7ccccc7-8)cc6)cccc45)cc3)c3ccc4c(c3)C3(c5ccccc5-c5ccccc53)c3ccccc3-4)c2)cc1. The fourth-order valence-electron chi connectivity index (χ4n) is 18.1. The monoisotopic (exact) mass is 1280 g/mol. The molecule has 0 unspecified atom stereocenters. The Morgan fingerprint density at radius 2 is 0.436 bits per heavy atom. The molecule has 3 heteroatoms. The maximum atomic E-state index is 7.28. The number of benzene rings is 16. The van der Waals surface area contributed by atoms with Gasteiger partial charge in [-0.05, 0) is 195 Å². The van der Waals surface area contributed by atoms with Crippen LogP contribution in [0.25, 0.3) is 111 Å². The predicted octanol–water partition coefficient (Wildman–Crippen LogP) is 25.9. The van der Waals surface area contributed by atoms with Gasteiger partial charge in [-0.3, -0.25) is 0 Å². The number of para-hydroxylation sites is 2. The van der Waals surface area contributed by atoms with Crippen molar-refractivity contribution in [3.8, 4) is 89.0 Å². The first kappa shape index (κ1) is 57.0. The minimum absolute atomic E-state index is 0.484. The molecule has 16 aromatic carbocycles. The highest BCUT2D eigenvalue weighted by atomic mass is 16.3. The summed E-state index contributed by atoms with van der Waals surface area (Å²) >= 11 is 0. The van der Waals surface area contributed by atoms with E-state index in [1.165, 1.54) is 100 Å². The minimum atomic E-state index is -0.484. The largest absolute Gasteiger partial charge is 0.455 e. The van der Waals surface area contributed by atoms with Crippen molar-refractivity contribution in [3.05, 3.63) is 421 Å². The standard InChI is InChI=1S/C98H62N2O/c1-3-23-63(24-4-1)67-27-19-29-71(59-67)99(73-55-57-83-81-35-11-17-45-91(81)97(93(83)61-73)87-41-13-7-31-77(87)78-32-8-14-42-88(78)97)69-51-47-65(48-52-69)75-37-21-39-85-86-40-22-38-76(96(86)101-95(75)85)66-49-53-70(54-50-66)100(72-30-20-28-68(60-72)64-25-5-2-6-26-64)74-56-58-84-82-36-12-18-46-92(82)98(94(84)62-74)89-43-15-9-33-79(89)80-34-10-16-44-90(80)98/h1-62H. The Morgan fingerprint density at radius 3 is 0.782 bits per heavy atom. The molecule has 4 aliphatic carbocycles. The van der Waals surface area contributed by atoms with E-state index in [4.69, 9.17) is 4.42 Å². The molecular formula is C98H62N2O. The fourth-order valence-corrected chi connectivity index (χ4v) is 18.1. The van der Waals surface area contributed by atoms with E-state index in [1.807, 2.05) is 0 Å². The molecule has 1 aromatic heterocycles. The molecule has 0 saturated heterocycles. The van der Waals surface area contributed by atoms with Gasteiger partial charge in [0.2, 0.25) is 0 Å². The van der Waals surface area contributed by atoms with Gasteiger partial charge in [0.15, 0.2) is 0 Å². The third kappa shape index (κ3) is 8.29. The molecule has 0 atom stereocenters. The van der Waals surface area contributed by atoms with Crippen LogP contribution in [-0.4, -0.2) is 0 Å². The van der Waals surface area contributed by atoms with Crippen molar-refractivity contribution in [2.45, 2.75) is 10.8 Å². The second-order valence-electron chi connectivity index (χ2n) is 27.3. The van der Waals surface area contributed by atoms with Crippen molar-refractivity contribution >= 4 is 56.1 Å². The zero-order chi connectivity index (χ0) is 66.3. The molecule has 3 nitrogen and oxygen atoms in total. The van der Waals surface area contributed by atoms with Crippen molar-refractivity contribution in [1.82, 2.24) is 0 Å². The highest BCUT2D eigenvalue weighted by Gasteiger charge is 2.53. The molecule has 0 N–H and O–H groups in total. The van der Waals surface area contributed by atoms with E-state index in [0.717, 1.165) is 89.4 Å². The van der Waals surface area contributed by atoms with Crippen molar-refractivity contribution in [2.75, 3.05) is 9.80 Å². The lowest BCUT2D eigenvalue weighted by Gasteiger charge is -2.32. The average molecular weight is 1280 g/mol. The van der Waals surface area contributed by atoms with E-state index in [2.05, 4.69) is 386 Å². The lowest BCUT2D eigenvalue weighted by Crippen LogP contribution is -2.26. The number of anilines is 6. The molecule has 0 amide bonds. The molecular weight excluding hydrogens is 1220 g/mol. The highest BCUT2D eigenvalue weighted by Crippen LogP contribution is 2.65. The molecule has 0 radical (unpaired) electrons. The van der Waals surface area contributed by atoms with E-state index in [1.54, 1.807) is 0 Å². The Bertz CT molecular complexity index is 5710. The van der Waals surface area contributed by atoms with Gasteiger partial charge in [-0.25, -0.2) is 0 Å². The highest BCUT2D eigenvalue weighted by molar-refractivity contribution is 6.13. The Balaban J connectivity index is 0.668. The van der Waals surface area contributed by atoms with Gasteiger partial charge in [0.25, 0.3) is 0 Å². The first-order valence-electron chi connectivity index (χ1n) is 35.0. The zero-order valence-electron chi connectivity index (χ0n) is 55.1. The molecule has 1 heterocycles. The molecule has 2 spiro atoms. The Hall–Kier alpha value is -13.1. The van der Waals surface area contributed by atoms with Crippen LogP contribution in [-0.2, 0) is 10.8 Å². The number of fused-ring (bicyclic) bond motifs is 23. The van der Waals surface area contributed by atoms with Crippen molar-refractivity contribution in [2.24, 2.45) is 0 Å². The summed E-state index contributed by atoms with van der Waals surface area (Å²) in [6, 6.07) is 139. The molecule has 0 bridgehead atoms. The maximum absolute atomic E-state index is 7.28. The summed E-state index contributed by atoms with van der Waals surface area (Å²) in [5, 5.41) is 2.16. The quantitative estimate of drug-likeness (QED) is 0.136. The summed E-state index contributed by atoms with van der Waals surface area (Å²) < 4.78 is 7.28. The minimum Gasteiger partial charge on any atom is -0.455 e. The molecule has 101 heavy (non-hydrogen) atoms. The van der Waals surface area contributed by atoms with Crippen LogP contribution in [0.2, 0.25) is 0 Å². The average Bonchev–Trinajstić information content (AvgIpc) is 1.52. The van der Waals surface area contributed by atoms with Gasteiger partial charge >= 0.3 is 0 Å². The predicted molar refractivity (Wildman–Crippen MR) is 417 cm³/mol. The van der Waals surface area contributed by atoms with Gasteiger partial charge in [-0.2, -0.15) is 0 Å². The second kappa shape index (κ2) is 22.2. The number of hydrogen-bond donors (Lipinski definition) is 0. The van der Waals surface area contributed by atoms with Gasteiger partial charge in [-0.15, -0.1) is 0 Å². The van der Waals surface area contributed by atoms with Crippen LogP contribution in [0.1, 0.15) is 44.5 Å². The van der Waals surface area contributed by atoms with Gasteiger partial charge in [0.05, 0.1) is 10.8 Å². The Kier molecular flexibility index (Phi) is 12.5. The van der Waals surface area contributed by atoms with Crippen molar-refractivity contribution in [3.63, 3.8) is 0 Å². The van der Waals surface area contributed by atoms with Gasteiger partial charge in [-0.1, -0.05) is 303 Å². The smallest absolute Gasteiger partial charge is 0.143 e. The third-order valence-electron chi connectivity index (χ3n) is 22.3. The van der Waals surface area contributed by atoms with Crippen LogP contribution in [0.15, 0.2) is 381 Å². The lowest BCUT2D eigenvalue weighted by molar-refractivity contribution is 0.671. The summed E-state index contributed by atoms with van der Waals surface area (Å²) in [7, 11) is 0. The maximum Gasteiger partial charge on any atom is 0.143 e. The summed E-state index contributed by atoms with van der Waals surface area (Å²) in [6.07, 6.45) is 0. The number of nitrogens with zero attached hydrogens (tertiary/aromatic N) is 2. The molecule has 0 aliphatic heterocycles. The first-order valence-corrected chi connectivity index (χ1v) is 35.0. The summed E-state index contributed by atoms with van der Waals surface area (Å²) in [5.41, 5.74) is 36.9. The van der Waals surface area contributed by atoms with Crippen LogP contribution in [0.5, 0.6) is 0 Å². The number of hydrogen-bond acceptors (Lipinski definition) is 3. The van der Waals surface area contributed by atoms with Gasteiger partial charge < -0.3 is 14.2 Å². The second-order valence-corrected chi connectivity index (χ2v) is 27.3. The van der Waals surface area contributed by atoms with Gasteiger partial charge in [0.1, 0.15) is 11.2 Å². The van der Waals surface area contributed by atoms with Crippen molar-refractivity contribution < 1.29 is 4.42 Å². The Labute approximate surface area is 587 Å². The molecule has 470 valence electrons.